The van der Waals surface area contributed by atoms with Gasteiger partial charge in [0.2, 0.25) is 0 Å². The monoisotopic (exact) mass is 289 g/mol. The number of hydrogen-bond donors (Lipinski definition) is 1. The van der Waals surface area contributed by atoms with E-state index in [-0.39, 0.29) is 18.6 Å². The summed E-state index contributed by atoms with van der Waals surface area (Å²) in [5.41, 5.74) is 1.44. The molecule has 1 aromatic rings. The number of hydrogen-bond acceptors (Lipinski definition) is 5. The predicted molar refractivity (Wildman–Crippen MR) is 75.7 cm³/mol. The maximum Gasteiger partial charge on any atom is 0.272 e. The summed E-state index contributed by atoms with van der Waals surface area (Å²) < 4.78 is 5.48. The molecule has 2 rings (SSSR count). The Morgan fingerprint density at radius 3 is 2.81 bits per heavy atom. The van der Waals surface area contributed by atoms with Crippen LogP contribution in [0.2, 0.25) is 0 Å². The van der Waals surface area contributed by atoms with E-state index in [1.54, 1.807) is 24.0 Å². The van der Waals surface area contributed by atoms with E-state index in [0.29, 0.717) is 36.6 Å². The molecular weight excluding hydrogens is 270 g/mol. The van der Waals surface area contributed by atoms with E-state index >= 15 is 0 Å². The van der Waals surface area contributed by atoms with Gasteiger partial charge in [0.15, 0.2) is 0 Å². The van der Waals surface area contributed by atoms with Crippen LogP contribution in [0, 0.1) is 18.3 Å². The van der Waals surface area contributed by atoms with Crippen LogP contribution in [0.25, 0.3) is 0 Å². The zero-order valence-electron chi connectivity index (χ0n) is 12.1. The second-order valence-electron chi connectivity index (χ2n) is 5.03. The summed E-state index contributed by atoms with van der Waals surface area (Å²) in [7, 11) is 0. The molecule has 1 saturated heterocycles. The number of aliphatic hydroxyl groups is 1. The molecule has 0 spiro atoms. The third-order valence-corrected chi connectivity index (χ3v) is 3.60. The fourth-order valence-electron chi connectivity index (χ4n) is 2.41. The normalized spacial score (nSPS) is 15.8. The minimum Gasteiger partial charge on any atom is -0.394 e. The van der Waals surface area contributed by atoms with Crippen LogP contribution < -0.4 is 0 Å². The molecule has 0 unspecified atom stereocenters. The molecule has 2 heterocycles. The van der Waals surface area contributed by atoms with Crippen LogP contribution >= 0.6 is 0 Å². The lowest BCUT2D eigenvalue weighted by molar-refractivity contribution is -0.00565. The van der Waals surface area contributed by atoms with Gasteiger partial charge in [-0.15, -0.1) is 0 Å². The maximum atomic E-state index is 12.4. The highest BCUT2D eigenvalue weighted by Gasteiger charge is 2.24. The Morgan fingerprint density at radius 2 is 2.24 bits per heavy atom. The first kappa shape index (κ1) is 15.4. The van der Waals surface area contributed by atoms with Crippen LogP contribution in [0.3, 0.4) is 0 Å². The predicted octanol–water partition coefficient (Wildman–Crippen LogP) is 0.875. The molecule has 0 saturated carbocycles. The van der Waals surface area contributed by atoms with E-state index in [2.05, 4.69) is 4.98 Å². The van der Waals surface area contributed by atoms with Crippen molar-refractivity contribution in [2.24, 2.45) is 0 Å². The van der Waals surface area contributed by atoms with Gasteiger partial charge in [0.25, 0.3) is 5.91 Å². The molecule has 1 N–H and O–H groups in total. The van der Waals surface area contributed by atoms with Gasteiger partial charge in [-0.25, -0.2) is 4.98 Å². The van der Waals surface area contributed by atoms with Crippen LogP contribution in [-0.4, -0.2) is 53.3 Å². The number of aliphatic hydroxyl groups excluding tert-OH is 1. The number of pyridine rings is 1. The van der Waals surface area contributed by atoms with Gasteiger partial charge < -0.3 is 14.7 Å². The molecule has 0 aliphatic carbocycles. The number of carbonyl (C=O) groups is 1. The van der Waals surface area contributed by atoms with Gasteiger partial charge >= 0.3 is 0 Å². The SMILES string of the molecule is Cc1nc(C(=O)N2CCC(OCCO)CC2)ccc1C#N. The molecule has 0 atom stereocenters. The summed E-state index contributed by atoms with van der Waals surface area (Å²) in [5, 5.41) is 17.6. The fraction of sp³-hybridized carbons (Fsp3) is 0.533. The summed E-state index contributed by atoms with van der Waals surface area (Å²) in [6.45, 7) is 3.33. The van der Waals surface area contributed by atoms with Gasteiger partial charge in [-0.3, -0.25) is 4.79 Å². The zero-order chi connectivity index (χ0) is 15.2. The highest BCUT2D eigenvalue weighted by Crippen LogP contribution is 2.16. The Balaban J connectivity index is 1.96. The molecule has 1 aliphatic rings. The van der Waals surface area contributed by atoms with E-state index in [0.717, 1.165) is 12.8 Å². The van der Waals surface area contributed by atoms with Gasteiger partial charge in [0.05, 0.1) is 30.6 Å². The van der Waals surface area contributed by atoms with Crippen molar-refractivity contribution >= 4 is 5.91 Å². The topological polar surface area (TPSA) is 86.5 Å². The molecular formula is C15H19N3O3. The lowest BCUT2D eigenvalue weighted by Crippen LogP contribution is -2.41. The molecule has 1 fully saturated rings. The van der Waals surface area contributed by atoms with Crippen LogP contribution in [0.15, 0.2) is 12.1 Å². The van der Waals surface area contributed by atoms with Gasteiger partial charge in [-0.1, -0.05) is 0 Å². The number of ether oxygens (including phenoxy) is 1. The minimum atomic E-state index is -0.108. The molecule has 0 aromatic carbocycles. The van der Waals surface area contributed by atoms with Crippen molar-refractivity contribution in [1.82, 2.24) is 9.88 Å². The van der Waals surface area contributed by atoms with E-state index in [9.17, 15) is 4.79 Å². The third-order valence-electron chi connectivity index (χ3n) is 3.60. The molecule has 0 radical (unpaired) electrons. The number of nitriles is 1. The van der Waals surface area contributed by atoms with E-state index < -0.39 is 0 Å². The molecule has 1 amide bonds. The zero-order valence-corrected chi connectivity index (χ0v) is 12.1. The second kappa shape index (κ2) is 7.16. The average molecular weight is 289 g/mol. The van der Waals surface area contributed by atoms with Crippen LogP contribution in [0.1, 0.15) is 34.6 Å². The fourth-order valence-corrected chi connectivity index (χ4v) is 2.41. The quantitative estimate of drug-likeness (QED) is 0.889. The number of rotatable bonds is 4. The molecule has 6 nitrogen and oxygen atoms in total. The van der Waals surface area contributed by atoms with Gasteiger partial charge in [-0.2, -0.15) is 5.26 Å². The van der Waals surface area contributed by atoms with Crippen molar-refractivity contribution in [3.63, 3.8) is 0 Å². The standard InChI is InChI=1S/C15H19N3O3/c1-11-12(10-16)2-3-14(17-11)15(20)18-6-4-13(5-7-18)21-9-8-19/h2-3,13,19H,4-9H2,1H3. The molecule has 21 heavy (non-hydrogen) atoms. The highest BCUT2D eigenvalue weighted by molar-refractivity contribution is 5.92. The van der Waals surface area contributed by atoms with Crippen molar-refractivity contribution in [3.05, 3.63) is 29.1 Å². The largest absolute Gasteiger partial charge is 0.394 e. The summed E-state index contributed by atoms with van der Waals surface area (Å²) in [5.74, 6) is -0.108. The van der Waals surface area contributed by atoms with Crippen molar-refractivity contribution in [2.45, 2.75) is 25.9 Å². The molecule has 6 heteroatoms. The van der Waals surface area contributed by atoms with Crippen molar-refractivity contribution < 1.29 is 14.6 Å². The van der Waals surface area contributed by atoms with Crippen molar-refractivity contribution in [1.29, 1.82) is 5.26 Å². The maximum absolute atomic E-state index is 12.4. The molecule has 112 valence electrons. The summed E-state index contributed by atoms with van der Waals surface area (Å²) in [4.78, 5) is 18.3. The van der Waals surface area contributed by atoms with Crippen LogP contribution in [-0.2, 0) is 4.74 Å². The Bertz CT molecular complexity index is 546. The Hall–Kier alpha value is -1.97. The minimum absolute atomic E-state index is 0.0214. The molecule has 1 aliphatic heterocycles. The van der Waals surface area contributed by atoms with Crippen LogP contribution in [0.5, 0.6) is 0 Å². The van der Waals surface area contributed by atoms with Crippen molar-refractivity contribution in [3.8, 4) is 6.07 Å². The first-order valence-electron chi connectivity index (χ1n) is 7.05. The summed E-state index contributed by atoms with van der Waals surface area (Å²) in [6, 6.07) is 5.27. The number of amides is 1. The first-order valence-corrected chi connectivity index (χ1v) is 7.05. The number of likely N-dealkylation sites (tertiary alicyclic amines) is 1. The van der Waals surface area contributed by atoms with Crippen LogP contribution in [0.4, 0.5) is 0 Å². The van der Waals surface area contributed by atoms with Crippen molar-refractivity contribution in [2.75, 3.05) is 26.3 Å². The average Bonchev–Trinajstić information content (AvgIpc) is 2.52. The Kier molecular flexibility index (Phi) is 5.26. The van der Waals surface area contributed by atoms with E-state index in [4.69, 9.17) is 15.1 Å². The smallest absolute Gasteiger partial charge is 0.272 e. The number of carbonyl (C=O) groups excluding carboxylic acids is 1. The lowest BCUT2D eigenvalue weighted by atomic mass is 10.1. The van der Waals surface area contributed by atoms with Gasteiger partial charge in [0, 0.05) is 13.1 Å². The Labute approximate surface area is 124 Å². The molecule has 0 bridgehead atoms. The number of aromatic nitrogens is 1. The molecule has 1 aromatic heterocycles. The first-order chi connectivity index (χ1) is 10.2. The van der Waals surface area contributed by atoms with E-state index in [1.807, 2.05) is 6.07 Å². The second-order valence-corrected chi connectivity index (χ2v) is 5.03. The van der Waals surface area contributed by atoms with E-state index in [1.165, 1.54) is 0 Å². The number of nitrogens with zero attached hydrogens (tertiary/aromatic N) is 3. The van der Waals surface area contributed by atoms with Gasteiger partial charge in [-0.05, 0) is 31.9 Å². The highest BCUT2D eigenvalue weighted by atomic mass is 16.5. The number of piperidine rings is 1. The summed E-state index contributed by atoms with van der Waals surface area (Å²) >= 11 is 0. The number of aryl methyl sites for hydroxylation is 1. The summed E-state index contributed by atoms with van der Waals surface area (Å²) in [6.07, 6.45) is 1.64. The Morgan fingerprint density at radius 1 is 1.52 bits per heavy atom. The third kappa shape index (κ3) is 3.78. The van der Waals surface area contributed by atoms with Gasteiger partial charge in [0.1, 0.15) is 11.8 Å². The lowest BCUT2D eigenvalue weighted by Gasteiger charge is -2.31.